The molecule has 1 aromatic carbocycles. The van der Waals surface area contributed by atoms with Crippen LogP contribution in [0.4, 0.5) is 0 Å². The van der Waals surface area contributed by atoms with Gasteiger partial charge in [-0.25, -0.2) is 0 Å². The monoisotopic (exact) mass is 222 g/mol. The fourth-order valence-corrected chi connectivity index (χ4v) is 1.54. The molecule has 3 nitrogen and oxygen atoms in total. The van der Waals surface area contributed by atoms with Crippen molar-refractivity contribution in [3.63, 3.8) is 0 Å². The van der Waals surface area contributed by atoms with Gasteiger partial charge in [-0.1, -0.05) is 23.7 Å². The predicted molar refractivity (Wildman–Crippen MR) is 59.6 cm³/mol. The van der Waals surface area contributed by atoms with E-state index in [0.717, 1.165) is 17.0 Å². The highest BCUT2D eigenvalue weighted by atomic mass is 35.5. The van der Waals surface area contributed by atoms with E-state index in [4.69, 9.17) is 16.7 Å². The molecule has 0 aliphatic heterocycles. The Labute approximate surface area is 92.9 Å². The molecule has 0 saturated carbocycles. The van der Waals surface area contributed by atoms with Gasteiger partial charge in [-0.2, -0.15) is 5.10 Å². The zero-order chi connectivity index (χ0) is 10.8. The lowest BCUT2D eigenvalue weighted by Crippen LogP contribution is -1.96. The first-order valence-electron chi connectivity index (χ1n) is 4.60. The van der Waals surface area contributed by atoms with Crippen molar-refractivity contribution in [3.05, 3.63) is 41.0 Å². The second-order valence-electron chi connectivity index (χ2n) is 3.31. The van der Waals surface area contributed by atoms with E-state index in [9.17, 15) is 0 Å². The number of aromatic nitrogens is 2. The third kappa shape index (κ3) is 2.03. The van der Waals surface area contributed by atoms with Gasteiger partial charge in [-0.05, 0) is 18.2 Å². The molecule has 2 rings (SSSR count). The molecule has 0 radical (unpaired) electrons. The number of aliphatic hydroxyl groups excluding tert-OH is 1. The van der Waals surface area contributed by atoms with Crippen molar-refractivity contribution in [1.29, 1.82) is 0 Å². The number of aryl methyl sites for hydroxylation is 1. The molecule has 0 amide bonds. The van der Waals surface area contributed by atoms with Crippen molar-refractivity contribution < 1.29 is 5.11 Å². The second-order valence-corrected chi connectivity index (χ2v) is 3.75. The summed E-state index contributed by atoms with van der Waals surface area (Å²) in [4.78, 5) is 0. The maximum absolute atomic E-state index is 9.04. The molecule has 4 heteroatoms. The minimum Gasteiger partial charge on any atom is -0.390 e. The molecule has 0 bridgehead atoms. The number of rotatable bonds is 2. The van der Waals surface area contributed by atoms with E-state index in [1.165, 1.54) is 0 Å². The molecular formula is C11H11ClN2O. The van der Waals surface area contributed by atoms with Gasteiger partial charge in [0.25, 0.3) is 0 Å². The molecule has 2 aromatic rings. The summed E-state index contributed by atoms with van der Waals surface area (Å²) in [6.07, 6.45) is 0. The van der Waals surface area contributed by atoms with Gasteiger partial charge in [-0.3, -0.25) is 4.68 Å². The quantitative estimate of drug-likeness (QED) is 0.846. The number of aliphatic hydroxyl groups is 1. The molecule has 0 atom stereocenters. The lowest BCUT2D eigenvalue weighted by Gasteiger charge is -1.95. The molecule has 0 spiro atoms. The number of hydrogen-bond acceptors (Lipinski definition) is 2. The Kier molecular flexibility index (Phi) is 2.75. The lowest BCUT2D eigenvalue weighted by atomic mass is 10.1. The smallest absolute Gasteiger partial charge is 0.0926 e. The van der Waals surface area contributed by atoms with Gasteiger partial charge in [0.2, 0.25) is 0 Å². The van der Waals surface area contributed by atoms with Gasteiger partial charge in [0, 0.05) is 17.6 Å². The minimum absolute atomic E-state index is 0.00289. The molecule has 0 aliphatic rings. The Balaban J connectivity index is 2.41. The van der Waals surface area contributed by atoms with Crippen molar-refractivity contribution in [2.75, 3.05) is 0 Å². The average Bonchev–Trinajstić information content (AvgIpc) is 2.61. The fourth-order valence-electron chi connectivity index (χ4n) is 1.42. The molecule has 1 N–H and O–H groups in total. The van der Waals surface area contributed by atoms with E-state index in [-0.39, 0.29) is 6.61 Å². The van der Waals surface area contributed by atoms with Gasteiger partial charge in [0.1, 0.15) is 0 Å². The first-order chi connectivity index (χ1) is 7.20. The molecule has 1 heterocycles. The van der Waals surface area contributed by atoms with E-state index < -0.39 is 0 Å². The topological polar surface area (TPSA) is 38.0 Å². The van der Waals surface area contributed by atoms with Crippen LogP contribution in [0.25, 0.3) is 11.3 Å². The van der Waals surface area contributed by atoms with Crippen LogP contribution in [0, 0.1) is 0 Å². The largest absolute Gasteiger partial charge is 0.390 e. The maximum Gasteiger partial charge on any atom is 0.0926 e. The lowest BCUT2D eigenvalue weighted by molar-refractivity contribution is 0.270. The first kappa shape index (κ1) is 10.2. The van der Waals surface area contributed by atoms with Crippen molar-refractivity contribution >= 4 is 11.6 Å². The Morgan fingerprint density at radius 3 is 2.53 bits per heavy atom. The Hall–Kier alpha value is -1.32. The van der Waals surface area contributed by atoms with Gasteiger partial charge >= 0.3 is 0 Å². The van der Waals surface area contributed by atoms with Crippen molar-refractivity contribution in [1.82, 2.24) is 9.78 Å². The van der Waals surface area contributed by atoms with Crippen molar-refractivity contribution in [2.24, 2.45) is 7.05 Å². The number of hydrogen-bond donors (Lipinski definition) is 1. The Morgan fingerprint density at radius 2 is 2.00 bits per heavy atom. The molecule has 0 unspecified atom stereocenters. The van der Waals surface area contributed by atoms with Crippen LogP contribution in [0.2, 0.25) is 5.02 Å². The predicted octanol–water partition coefficient (Wildman–Crippen LogP) is 2.23. The highest BCUT2D eigenvalue weighted by Gasteiger charge is 2.05. The van der Waals surface area contributed by atoms with E-state index >= 15 is 0 Å². The van der Waals surface area contributed by atoms with Crippen LogP contribution in [0.15, 0.2) is 30.3 Å². The van der Waals surface area contributed by atoms with Gasteiger partial charge in [-0.15, -0.1) is 0 Å². The second kappa shape index (κ2) is 4.04. The molecule has 78 valence electrons. The normalized spacial score (nSPS) is 10.6. The van der Waals surface area contributed by atoms with Gasteiger partial charge in [0.15, 0.2) is 0 Å². The summed E-state index contributed by atoms with van der Waals surface area (Å²) in [6.45, 7) is -0.00289. The van der Waals surface area contributed by atoms with Crippen LogP contribution >= 0.6 is 11.6 Å². The summed E-state index contributed by atoms with van der Waals surface area (Å²) in [6, 6.07) is 9.33. The van der Waals surface area contributed by atoms with E-state index in [1.54, 1.807) is 4.68 Å². The number of halogens is 1. The SMILES string of the molecule is Cn1nc(-c2ccc(Cl)cc2)cc1CO. The third-order valence-electron chi connectivity index (χ3n) is 2.28. The van der Waals surface area contributed by atoms with E-state index in [0.29, 0.717) is 5.02 Å². The molecular weight excluding hydrogens is 212 g/mol. The average molecular weight is 223 g/mol. The van der Waals surface area contributed by atoms with E-state index in [2.05, 4.69) is 5.10 Å². The summed E-state index contributed by atoms with van der Waals surface area (Å²) >= 11 is 5.80. The molecule has 0 saturated heterocycles. The summed E-state index contributed by atoms with van der Waals surface area (Å²) in [5.74, 6) is 0. The number of nitrogens with zero attached hydrogens (tertiary/aromatic N) is 2. The standard InChI is InChI=1S/C11H11ClN2O/c1-14-10(7-15)6-11(13-14)8-2-4-9(12)5-3-8/h2-6,15H,7H2,1H3. The van der Waals surface area contributed by atoms with Crippen LogP contribution in [0.5, 0.6) is 0 Å². The Bertz CT molecular complexity index is 462. The first-order valence-corrected chi connectivity index (χ1v) is 4.98. The maximum atomic E-state index is 9.04. The highest BCUT2D eigenvalue weighted by Crippen LogP contribution is 2.20. The molecule has 1 aromatic heterocycles. The summed E-state index contributed by atoms with van der Waals surface area (Å²) in [5, 5.41) is 14.0. The Morgan fingerprint density at radius 1 is 1.33 bits per heavy atom. The van der Waals surface area contributed by atoms with Crippen molar-refractivity contribution in [3.8, 4) is 11.3 Å². The fraction of sp³-hybridized carbons (Fsp3) is 0.182. The van der Waals surface area contributed by atoms with Crippen LogP contribution in [-0.2, 0) is 13.7 Å². The van der Waals surface area contributed by atoms with Crippen LogP contribution in [-0.4, -0.2) is 14.9 Å². The highest BCUT2D eigenvalue weighted by molar-refractivity contribution is 6.30. The molecule has 0 aliphatic carbocycles. The molecule has 0 fully saturated rings. The number of benzene rings is 1. The zero-order valence-electron chi connectivity index (χ0n) is 8.31. The molecule has 15 heavy (non-hydrogen) atoms. The van der Waals surface area contributed by atoms with Crippen molar-refractivity contribution in [2.45, 2.75) is 6.61 Å². The van der Waals surface area contributed by atoms with Gasteiger partial charge in [0.05, 0.1) is 18.0 Å². The van der Waals surface area contributed by atoms with Gasteiger partial charge < -0.3 is 5.11 Å². The zero-order valence-corrected chi connectivity index (χ0v) is 9.07. The van der Waals surface area contributed by atoms with Crippen LogP contribution < -0.4 is 0 Å². The van der Waals surface area contributed by atoms with E-state index in [1.807, 2.05) is 37.4 Å². The summed E-state index contributed by atoms with van der Waals surface area (Å²) in [5.41, 5.74) is 2.63. The third-order valence-corrected chi connectivity index (χ3v) is 2.53. The minimum atomic E-state index is -0.00289. The van der Waals surface area contributed by atoms with Crippen LogP contribution in [0.1, 0.15) is 5.69 Å². The summed E-state index contributed by atoms with van der Waals surface area (Å²) < 4.78 is 1.67. The summed E-state index contributed by atoms with van der Waals surface area (Å²) in [7, 11) is 1.81. The van der Waals surface area contributed by atoms with Crippen LogP contribution in [0.3, 0.4) is 0 Å².